The SMILES string of the molecule is CCOc1ccccc1-n1nccn1. The third-order valence-electron chi connectivity index (χ3n) is 1.80. The number of ether oxygens (including phenoxy) is 1. The summed E-state index contributed by atoms with van der Waals surface area (Å²) in [4.78, 5) is 1.55. The van der Waals surface area contributed by atoms with E-state index in [1.807, 2.05) is 31.2 Å². The van der Waals surface area contributed by atoms with Crippen molar-refractivity contribution in [3.63, 3.8) is 0 Å². The first-order valence-corrected chi connectivity index (χ1v) is 4.50. The fourth-order valence-electron chi connectivity index (χ4n) is 1.24. The Labute approximate surface area is 82.1 Å². The van der Waals surface area contributed by atoms with Gasteiger partial charge in [-0.2, -0.15) is 10.2 Å². The molecule has 1 aromatic heterocycles. The summed E-state index contributed by atoms with van der Waals surface area (Å²) in [6.45, 7) is 2.59. The summed E-state index contributed by atoms with van der Waals surface area (Å²) in [5.41, 5.74) is 0.861. The molecule has 1 heterocycles. The molecule has 0 spiro atoms. The normalized spacial score (nSPS) is 10.1. The Morgan fingerprint density at radius 2 is 1.93 bits per heavy atom. The average Bonchev–Trinajstić information content (AvgIpc) is 2.72. The minimum absolute atomic E-state index is 0.637. The van der Waals surface area contributed by atoms with E-state index in [1.54, 1.807) is 17.2 Å². The van der Waals surface area contributed by atoms with E-state index in [-0.39, 0.29) is 0 Å². The molecular weight excluding hydrogens is 178 g/mol. The van der Waals surface area contributed by atoms with Gasteiger partial charge in [-0.15, -0.1) is 4.80 Å². The molecule has 0 radical (unpaired) electrons. The maximum Gasteiger partial charge on any atom is 0.146 e. The Morgan fingerprint density at radius 3 is 2.64 bits per heavy atom. The molecule has 0 saturated carbocycles. The summed E-state index contributed by atoms with van der Waals surface area (Å²) in [6.07, 6.45) is 3.28. The van der Waals surface area contributed by atoms with Crippen LogP contribution in [0.5, 0.6) is 5.75 Å². The van der Waals surface area contributed by atoms with Crippen LogP contribution < -0.4 is 4.74 Å². The largest absolute Gasteiger partial charge is 0.492 e. The van der Waals surface area contributed by atoms with Gasteiger partial charge in [0, 0.05) is 0 Å². The van der Waals surface area contributed by atoms with Crippen molar-refractivity contribution in [2.75, 3.05) is 6.61 Å². The van der Waals surface area contributed by atoms with Gasteiger partial charge in [-0.05, 0) is 19.1 Å². The van der Waals surface area contributed by atoms with Crippen LogP contribution in [0.25, 0.3) is 5.69 Å². The van der Waals surface area contributed by atoms with Crippen molar-refractivity contribution in [2.45, 2.75) is 6.92 Å². The van der Waals surface area contributed by atoms with Crippen LogP contribution in [0.3, 0.4) is 0 Å². The van der Waals surface area contributed by atoms with Crippen molar-refractivity contribution < 1.29 is 4.74 Å². The predicted octanol–water partition coefficient (Wildman–Crippen LogP) is 1.67. The Kier molecular flexibility index (Phi) is 2.44. The van der Waals surface area contributed by atoms with Gasteiger partial charge in [-0.25, -0.2) is 0 Å². The molecule has 0 aliphatic rings. The van der Waals surface area contributed by atoms with Gasteiger partial charge < -0.3 is 4.74 Å². The second-order valence-electron chi connectivity index (χ2n) is 2.72. The Bertz CT molecular complexity index is 398. The van der Waals surface area contributed by atoms with E-state index in [1.165, 1.54) is 0 Å². The summed E-state index contributed by atoms with van der Waals surface area (Å²) in [5.74, 6) is 0.797. The van der Waals surface area contributed by atoms with Gasteiger partial charge in [-0.1, -0.05) is 12.1 Å². The predicted molar refractivity (Wildman–Crippen MR) is 52.5 cm³/mol. The number of benzene rings is 1. The van der Waals surface area contributed by atoms with Crippen LogP contribution in [0.15, 0.2) is 36.7 Å². The fourth-order valence-corrected chi connectivity index (χ4v) is 1.24. The highest BCUT2D eigenvalue weighted by atomic mass is 16.5. The highest BCUT2D eigenvalue weighted by Crippen LogP contribution is 2.20. The smallest absolute Gasteiger partial charge is 0.146 e. The van der Waals surface area contributed by atoms with Gasteiger partial charge in [0.25, 0.3) is 0 Å². The lowest BCUT2D eigenvalue weighted by Crippen LogP contribution is -2.02. The second kappa shape index (κ2) is 3.91. The van der Waals surface area contributed by atoms with Gasteiger partial charge in [0.1, 0.15) is 11.4 Å². The van der Waals surface area contributed by atoms with E-state index in [0.29, 0.717) is 6.61 Å². The van der Waals surface area contributed by atoms with Crippen molar-refractivity contribution in [2.24, 2.45) is 0 Å². The highest BCUT2D eigenvalue weighted by Gasteiger charge is 2.04. The van der Waals surface area contributed by atoms with E-state index < -0.39 is 0 Å². The molecule has 72 valence electrons. The van der Waals surface area contributed by atoms with Crippen molar-refractivity contribution in [3.05, 3.63) is 36.7 Å². The van der Waals surface area contributed by atoms with E-state index in [2.05, 4.69) is 10.2 Å². The molecule has 0 aliphatic carbocycles. The molecule has 0 bridgehead atoms. The zero-order chi connectivity index (χ0) is 9.80. The van der Waals surface area contributed by atoms with Crippen molar-refractivity contribution in [1.82, 2.24) is 15.0 Å². The van der Waals surface area contributed by atoms with Gasteiger partial charge in [0.05, 0.1) is 19.0 Å². The van der Waals surface area contributed by atoms with Crippen LogP contribution in [0.4, 0.5) is 0 Å². The zero-order valence-corrected chi connectivity index (χ0v) is 7.92. The summed E-state index contributed by atoms with van der Waals surface area (Å²) in [7, 11) is 0. The van der Waals surface area contributed by atoms with E-state index in [0.717, 1.165) is 11.4 Å². The molecule has 0 aliphatic heterocycles. The summed E-state index contributed by atoms with van der Waals surface area (Å²) in [5, 5.41) is 8.11. The maximum atomic E-state index is 5.46. The molecular formula is C10H11N3O. The third-order valence-corrected chi connectivity index (χ3v) is 1.80. The number of aromatic nitrogens is 3. The standard InChI is InChI=1S/C10H11N3O/c1-2-14-10-6-4-3-5-9(10)13-11-7-8-12-13/h3-8H,2H2,1H3. The summed E-state index contributed by atoms with van der Waals surface area (Å²) >= 11 is 0. The Balaban J connectivity index is 2.42. The lowest BCUT2D eigenvalue weighted by molar-refractivity contribution is 0.337. The number of rotatable bonds is 3. The number of hydrogen-bond donors (Lipinski definition) is 0. The van der Waals surface area contributed by atoms with Crippen molar-refractivity contribution in [1.29, 1.82) is 0 Å². The topological polar surface area (TPSA) is 39.9 Å². The molecule has 0 unspecified atom stereocenters. The van der Waals surface area contributed by atoms with Gasteiger partial charge in [0.15, 0.2) is 0 Å². The maximum absolute atomic E-state index is 5.46. The van der Waals surface area contributed by atoms with Crippen LogP contribution in [0.1, 0.15) is 6.92 Å². The van der Waals surface area contributed by atoms with Crippen molar-refractivity contribution >= 4 is 0 Å². The molecule has 0 atom stereocenters. The second-order valence-corrected chi connectivity index (χ2v) is 2.72. The number of hydrogen-bond acceptors (Lipinski definition) is 3. The zero-order valence-electron chi connectivity index (χ0n) is 7.92. The highest BCUT2D eigenvalue weighted by molar-refractivity contribution is 5.44. The fraction of sp³-hybridized carbons (Fsp3) is 0.200. The first-order chi connectivity index (χ1) is 6.92. The van der Waals surface area contributed by atoms with E-state index >= 15 is 0 Å². The molecule has 4 heteroatoms. The van der Waals surface area contributed by atoms with Gasteiger partial charge >= 0.3 is 0 Å². The van der Waals surface area contributed by atoms with Crippen LogP contribution in [0.2, 0.25) is 0 Å². The monoisotopic (exact) mass is 189 g/mol. The Hall–Kier alpha value is -1.84. The minimum atomic E-state index is 0.637. The average molecular weight is 189 g/mol. The van der Waals surface area contributed by atoms with E-state index in [4.69, 9.17) is 4.74 Å². The van der Waals surface area contributed by atoms with Crippen LogP contribution >= 0.6 is 0 Å². The van der Waals surface area contributed by atoms with Crippen LogP contribution in [0, 0.1) is 0 Å². The first kappa shape index (κ1) is 8.74. The molecule has 14 heavy (non-hydrogen) atoms. The lowest BCUT2D eigenvalue weighted by atomic mass is 10.3. The molecule has 4 nitrogen and oxygen atoms in total. The van der Waals surface area contributed by atoms with Gasteiger partial charge in [-0.3, -0.25) is 0 Å². The molecule has 0 saturated heterocycles. The molecule has 0 fully saturated rings. The number of nitrogens with zero attached hydrogens (tertiary/aromatic N) is 3. The van der Waals surface area contributed by atoms with Crippen LogP contribution in [-0.4, -0.2) is 21.6 Å². The first-order valence-electron chi connectivity index (χ1n) is 4.50. The van der Waals surface area contributed by atoms with Crippen LogP contribution in [-0.2, 0) is 0 Å². The molecule has 0 N–H and O–H groups in total. The van der Waals surface area contributed by atoms with Gasteiger partial charge in [0.2, 0.25) is 0 Å². The van der Waals surface area contributed by atoms with E-state index in [9.17, 15) is 0 Å². The number of para-hydroxylation sites is 2. The quantitative estimate of drug-likeness (QED) is 0.737. The third kappa shape index (κ3) is 1.59. The molecule has 2 aromatic rings. The molecule has 1 aromatic carbocycles. The molecule has 0 amide bonds. The summed E-state index contributed by atoms with van der Waals surface area (Å²) < 4.78 is 5.46. The Morgan fingerprint density at radius 1 is 1.21 bits per heavy atom. The van der Waals surface area contributed by atoms with Crippen molar-refractivity contribution in [3.8, 4) is 11.4 Å². The minimum Gasteiger partial charge on any atom is -0.492 e. The summed E-state index contributed by atoms with van der Waals surface area (Å²) in [6, 6.07) is 7.69. The lowest BCUT2D eigenvalue weighted by Gasteiger charge is -2.07. The molecule has 2 rings (SSSR count).